The van der Waals surface area contributed by atoms with Gasteiger partial charge in [-0.15, -0.1) is 0 Å². The lowest BCUT2D eigenvalue weighted by molar-refractivity contribution is -0.142. The number of halogens is 2. The van der Waals surface area contributed by atoms with Gasteiger partial charge in [-0.1, -0.05) is 26.3 Å². The smallest absolute Gasteiger partial charge is 0.351 e. The van der Waals surface area contributed by atoms with E-state index >= 15 is 0 Å². The van der Waals surface area contributed by atoms with E-state index in [1.54, 1.807) is 12.1 Å². The fourth-order valence-corrected chi connectivity index (χ4v) is 2.63. The van der Waals surface area contributed by atoms with Crippen LogP contribution in [0, 0.1) is 5.82 Å². The van der Waals surface area contributed by atoms with Gasteiger partial charge in [0.15, 0.2) is 0 Å². The molecule has 1 heterocycles. The Morgan fingerprint density at radius 1 is 1.09 bits per heavy atom. The fourth-order valence-electron chi connectivity index (χ4n) is 2.30. The predicted molar refractivity (Wildman–Crippen MR) is 121 cm³/mol. The zero-order valence-corrected chi connectivity index (χ0v) is 19.7. The van der Waals surface area contributed by atoms with E-state index < -0.39 is 23.4 Å². The lowest BCUT2D eigenvalue weighted by atomic mass is 10.1. The average Bonchev–Trinajstić information content (AvgIpc) is 2.76. The first kappa shape index (κ1) is 27.0. The van der Waals surface area contributed by atoms with Crippen LogP contribution in [0.4, 0.5) is 4.39 Å². The molecule has 9 heteroatoms. The first-order valence-electron chi connectivity index (χ1n) is 9.57. The highest BCUT2D eigenvalue weighted by Crippen LogP contribution is 2.26. The van der Waals surface area contributed by atoms with E-state index in [-0.39, 0.29) is 23.5 Å². The fraction of sp³-hybridized carbons (Fsp3) is 0.261. The Balaban J connectivity index is 0.000000944. The zero-order valence-electron chi connectivity index (χ0n) is 18.1. The molecular formula is C23H24BrFO7. The second-order valence-corrected chi connectivity index (χ2v) is 7.13. The molecule has 1 N–H and O–H groups in total. The van der Waals surface area contributed by atoms with Gasteiger partial charge in [-0.05, 0) is 51.8 Å². The number of benzene rings is 2. The highest BCUT2D eigenvalue weighted by atomic mass is 79.9. The van der Waals surface area contributed by atoms with E-state index in [1.807, 2.05) is 0 Å². The summed E-state index contributed by atoms with van der Waals surface area (Å²) in [6.45, 7) is 5.58. The van der Waals surface area contributed by atoms with Crippen molar-refractivity contribution in [2.75, 3.05) is 7.11 Å². The normalized spacial score (nSPS) is 9.72. The van der Waals surface area contributed by atoms with Crippen molar-refractivity contribution in [3.63, 3.8) is 0 Å². The van der Waals surface area contributed by atoms with E-state index in [0.29, 0.717) is 15.4 Å². The van der Waals surface area contributed by atoms with Crippen molar-refractivity contribution >= 4 is 38.8 Å². The molecule has 3 rings (SSSR count). The molecule has 172 valence electrons. The first-order chi connectivity index (χ1) is 15.2. The van der Waals surface area contributed by atoms with Gasteiger partial charge in [0.25, 0.3) is 0 Å². The minimum atomic E-state index is -0.984. The van der Waals surface area contributed by atoms with Crippen LogP contribution >= 0.6 is 15.9 Å². The zero-order chi connectivity index (χ0) is 24.3. The maximum atomic E-state index is 13.3. The number of aliphatic hydroxyl groups is 1. The third-order valence-electron chi connectivity index (χ3n) is 3.55. The van der Waals surface area contributed by atoms with Crippen molar-refractivity contribution in [2.45, 2.75) is 33.8 Å². The quantitative estimate of drug-likeness (QED) is 0.299. The van der Waals surface area contributed by atoms with Crippen LogP contribution in [-0.4, -0.2) is 24.2 Å². The molecule has 0 saturated heterocycles. The Hall–Kier alpha value is -3.04. The molecule has 0 bridgehead atoms. The van der Waals surface area contributed by atoms with Crippen LogP contribution in [0.3, 0.4) is 0 Å². The SMILES string of the molecule is CC(=O)OCc1ccc2oc(=O)c(C(=O)Oc3cc(F)ccc3Br)cc2c1.CCC.CO. The van der Waals surface area contributed by atoms with Crippen molar-refractivity contribution in [3.8, 4) is 5.75 Å². The van der Waals surface area contributed by atoms with Crippen LogP contribution in [0.15, 0.2) is 56.1 Å². The van der Waals surface area contributed by atoms with Gasteiger partial charge in [0.1, 0.15) is 29.3 Å². The standard InChI is InChI=1S/C19H12BrFO6.C3H8.CH4O/c1-10(22)25-9-11-2-5-16-12(6-11)7-14(18(23)26-16)19(24)27-17-8-13(21)3-4-15(17)20;1-3-2;1-2/h2-8H,9H2,1H3;3H2,1-2H3;2H,1H3. The number of esters is 2. The van der Waals surface area contributed by atoms with Gasteiger partial charge in [-0.2, -0.15) is 0 Å². The number of ether oxygens (including phenoxy) is 2. The largest absolute Gasteiger partial charge is 0.461 e. The molecule has 0 saturated carbocycles. The van der Waals surface area contributed by atoms with Gasteiger partial charge in [0.2, 0.25) is 0 Å². The van der Waals surface area contributed by atoms with Gasteiger partial charge in [-0.3, -0.25) is 4.79 Å². The highest BCUT2D eigenvalue weighted by Gasteiger charge is 2.18. The summed E-state index contributed by atoms with van der Waals surface area (Å²) in [5.41, 5.74) is -0.315. The molecule has 0 amide bonds. The van der Waals surface area contributed by atoms with Crippen molar-refractivity contribution in [1.29, 1.82) is 0 Å². The molecule has 32 heavy (non-hydrogen) atoms. The molecule has 2 aromatic carbocycles. The summed E-state index contributed by atoms with van der Waals surface area (Å²) < 4.78 is 28.8. The average molecular weight is 511 g/mol. The molecule has 7 nitrogen and oxygen atoms in total. The van der Waals surface area contributed by atoms with Crippen LogP contribution in [0.1, 0.15) is 43.1 Å². The Morgan fingerprint density at radius 3 is 2.38 bits per heavy atom. The molecule has 0 aliphatic carbocycles. The maximum Gasteiger partial charge on any atom is 0.351 e. The lowest BCUT2D eigenvalue weighted by Crippen LogP contribution is -2.19. The van der Waals surface area contributed by atoms with Crippen molar-refractivity contribution in [1.82, 2.24) is 0 Å². The molecule has 0 spiro atoms. The van der Waals surface area contributed by atoms with Crippen LogP contribution in [0.25, 0.3) is 11.0 Å². The van der Waals surface area contributed by atoms with Crippen molar-refractivity contribution in [2.24, 2.45) is 0 Å². The first-order valence-corrected chi connectivity index (χ1v) is 10.4. The van der Waals surface area contributed by atoms with E-state index in [0.717, 1.165) is 13.2 Å². The van der Waals surface area contributed by atoms with Crippen LogP contribution < -0.4 is 10.4 Å². The van der Waals surface area contributed by atoms with Gasteiger partial charge in [-0.25, -0.2) is 14.0 Å². The van der Waals surface area contributed by atoms with E-state index in [4.69, 9.17) is 19.0 Å². The predicted octanol–water partition coefficient (Wildman–Crippen LogP) is 5.00. The Labute approximate surface area is 192 Å². The summed E-state index contributed by atoms with van der Waals surface area (Å²) in [5, 5.41) is 7.45. The molecule has 0 fully saturated rings. The molecule has 1 aromatic heterocycles. The second-order valence-electron chi connectivity index (χ2n) is 6.27. The topological polar surface area (TPSA) is 103 Å². The lowest BCUT2D eigenvalue weighted by Gasteiger charge is -2.07. The monoisotopic (exact) mass is 510 g/mol. The number of carbonyl (C=O) groups excluding carboxylic acids is 2. The second kappa shape index (κ2) is 13.4. The van der Waals surface area contributed by atoms with Crippen molar-refractivity contribution < 1.29 is 33.0 Å². The summed E-state index contributed by atoms with van der Waals surface area (Å²) in [6.07, 6.45) is 1.25. The minimum absolute atomic E-state index is 0.0421. The maximum absolute atomic E-state index is 13.3. The molecular weight excluding hydrogens is 487 g/mol. The van der Waals surface area contributed by atoms with Gasteiger partial charge < -0.3 is 19.0 Å². The number of fused-ring (bicyclic) bond motifs is 1. The third-order valence-corrected chi connectivity index (χ3v) is 4.21. The van der Waals surface area contributed by atoms with Crippen LogP contribution in [0.5, 0.6) is 5.75 Å². The summed E-state index contributed by atoms with van der Waals surface area (Å²) in [5.74, 6) is -2.08. The van der Waals surface area contributed by atoms with Crippen LogP contribution in [0.2, 0.25) is 0 Å². The summed E-state index contributed by atoms with van der Waals surface area (Å²) in [4.78, 5) is 35.4. The molecule has 0 aliphatic heterocycles. The number of hydrogen-bond donors (Lipinski definition) is 1. The highest BCUT2D eigenvalue weighted by molar-refractivity contribution is 9.10. The minimum Gasteiger partial charge on any atom is -0.461 e. The summed E-state index contributed by atoms with van der Waals surface area (Å²) >= 11 is 3.14. The van der Waals surface area contributed by atoms with Gasteiger partial charge in [0, 0.05) is 25.5 Å². The Kier molecular flexibility index (Phi) is 11.3. The molecule has 0 atom stereocenters. The van der Waals surface area contributed by atoms with Gasteiger partial charge in [0.05, 0.1) is 4.47 Å². The summed E-state index contributed by atoms with van der Waals surface area (Å²) in [7, 11) is 1.00. The third kappa shape index (κ3) is 7.90. The Morgan fingerprint density at radius 2 is 1.75 bits per heavy atom. The van der Waals surface area contributed by atoms with Gasteiger partial charge >= 0.3 is 17.6 Å². The number of carbonyl (C=O) groups is 2. The number of aliphatic hydroxyl groups excluding tert-OH is 1. The van der Waals surface area contributed by atoms with E-state index in [1.165, 1.54) is 37.6 Å². The molecule has 3 aromatic rings. The molecule has 0 aliphatic rings. The van der Waals surface area contributed by atoms with Crippen LogP contribution in [-0.2, 0) is 16.1 Å². The number of hydrogen-bond acceptors (Lipinski definition) is 7. The molecule has 0 radical (unpaired) electrons. The van der Waals surface area contributed by atoms with E-state index in [9.17, 15) is 18.8 Å². The van der Waals surface area contributed by atoms with Crippen molar-refractivity contribution in [3.05, 3.63) is 74.3 Å². The molecule has 0 unspecified atom stereocenters. The Bertz CT molecular complexity index is 1130. The van der Waals surface area contributed by atoms with E-state index in [2.05, 4.69) is 29.8 Å². The number of rotatable bonds is 4. The summed E-state index contributed by atoms with van der Waals surface area (Å²) in [6, 6.07) is 9.69.